The van der Waals surface area contributed by atoms with E-state index in [1.807, 2.05) is 11.1 Å². The Hall–Kier alpha value is -2.50. The topological polar surface area (TPSA) is 56.6 Å². The van der Waals surface area contributed by atoms with E-state index in [2.05, 4.69) is 16.5 Å². The molecule has 0 radical (unpaired) electrons. The zero-order chi connectivity index (χ0) is 19.0. The van der Waals surface area contributed by atoms with Crippen molar-refractivity contribution in [3.8, 4) is 11.5 Å². The number of benzene rings is 1. The number of nitrogens with zero attached hydrogens (tertiary/aromatic N) is 3. The summed E-state index contributed by atoms with van der Waals surface area (Å²) in [6, 6.07) is 5.79. The number of carbonyl (C=O) groups is 1. The van der Waals surface area contributed by atoms with Crippen molar-refractivity contribution in [1.29, 1.82) is 0 Å². The van der Waals surface area contributed by atoms with Crippen molar-refractivity contribution in [2.45, 2.75) is 44.6 Å². The van der Waals surface area contributed by atoms with Crippen LogP contribution in [0.3, 0.4) is 0 Å². The molecule has 0 N–H and O–H groups in total. The number of aryl methyl sites for hydroxylation is 1. The molecule has 1 aromatic carbocycles. The summed E-state index contributed by atoms with van der Waals surface area (Å²) < 4.78 is 13.1. The van der Waals surface area contributed by atoms with E-state index in [4.69, 9.17) is 9.47 Å². The lowest BCUT2D eigenvalue weighted by atomic mass is 10.0. The van der Waals surface area contributed by atoms with Crippen LogP contribution in [0.5, 0.6) is 11.5 Å². The highest BCUT2D eigenvalue weighted by Crippen LogP contribution is 2.41. The predicted octanol–water partition coefficient (Wildman–Crippen LogP) is 3.56. The van der Waals surface area contributed by atoms with E-state index in [0.29, 0.717) is 29.0 Å². The molecule has 27 heavy (non-hydrogen) atoms. The Kier molecular flexibility index (Phi) is 4.81. The number of hydrogen-bond acceptors (Lipinski definition) is 4. The first-order chi connectivity index (χ1) is 13.1. The molecule has 1 saturated heterocycles. The maximum absolute atomic E-state index is 13.0. The van der Waals surface area contributed by atoms with Crippen LogP contribution in [0, 0.1) is 6.92 Å². The van der Waals surface area contributed by atoms with Crippen LogP contribution in [0.2, 0.25) is 0 Å². The second kappa shape index (κ2) is 7.25. The van der Waals surface area contributed by atoms with Crippen molar-refractivity contribution in [3.05, 3.63) is 41.5 Å². The summed E-state index contributed by atoms with van der Waals surface area (Å²) in [5.41, 5.74) is 1.83. The van der Waals surface area contributed by atoms with Crippen molar-refractivity contribution in [3.63, 3.8) is 0 Å². The maximum atomic E-state index is 13.0. The van der Waals surface area contributed by atoms with E-state index in [1.54, 1.807) is 32.4 Å². The third-order valence-corrected chi connectivity index (χ3v) is 5.71. The van der Waals surface area contributed by atoms with Crippen LogP contribution in [0.4, 0.5) is 0 Å². The first-order valence-corrected chi connectivity index (χ1v) is 9.67. The van der Waals surface area contributed by atoms with Crippen molar-refractivity contribution in [1.82, 2.24) is 14.5 Å². The molecule has 2 aliphatic rings. The molecule has 2 aromatic rings. The smallest absolute Gasteiger partial charge is 0.257 e. The van der Waals surface area contributed by atoms with Gasteiger partial charge in [0.2, 0.25) is 0 Å². The van der Waals surface area contributed by atoms with E-state index in [-0.39, 0.29) is 5.91 Å². The number of carbonyl (C=O) groups excluding carboxylic acids is 1. The average molecular weight is 369 g/mol. The van der Waals surface area contributed by atoms with E-state index in [1.165, 1.54) is 24.4 Å². The molecule has 0 unspecified atom stereocenters. The highest BCUT2D eigenvalue weighted by Gasteiger charge is 2.33. The van der Waals surface area contributed by atoms with Crippen molar-refractivity contribution in [2.24, 2.45) is 0 Å². The Balaban J connectivity index is 1.47. The van der Waals surface area contributed by atoms with Crippen molar-refractivity contribution >= 4 is 5.91 Å². The van der Waals surface area contributed by atoms with Crippen molar-refractivity contribution in [2.75, 3.05) is 27.3 Å². The Morgan fingerprint density at radius 3 is 2.48 bits per heavy atom. The molecule has 0 atom stereocenters. The fourth-order valence-corrected chi connectivity index (χ4v) is 4.06. The normalized spacial score (nSPS) is 17.8. The maximum Gasteiger partial charge on any atom is 0.257 e. The Labute approximate surface area is 160 Å². The van der Waals surface area contributed by atoms with Crippen LogP contribution < -0.4 is 9.47 Å². The number of hydrogen-bond donors (Lipinski definition) is 0. The summed E-state index contributed by atoms with van der Waals surface area (Å²) in [5.74, 6) is 3.15. The molecule has 0 spiro atoms. The lowest BCUT2D eigenvalue weighted by Gasteiger charge is -2.34. The number of methoxy groups -OCH3 is 2. The van der Waals surface area contributed by atoms with Gasteiger partial charge in [0.25, 0.3) is 5.91 Å². The molecule has 1 aliphatic carbocycles. The van der Waals surface area contributed by atoms with Gasteiger partial charge in [-0.2, -0.15) is 0 Å². The van der Waals surface area contributed by atoms with Gasteiger partial charge in [-0.1, -0.05) is 0 Å². The number of aromatic nitrogens is 2. The lowest BCUT2D eigenvalue weighted by Crippen LogP contribution is -2.39. The Morgan fingerprint density at radius 2 is 1.85 bits per heavy atom. The molecule has 6 nitrogen and oxygen atoms in total. The van der Waals surface area contributed by atoms with Crippen molar-refractivity contribution < 1.29 is 14.3 Å². The number of likely N-dealkylation sites (tertiary alicyclic amines) is 1. The van der Waals surface area contributed by atoms with Crippen LogP contribution in [-0.4, -0.2) is 47.7 Å². The first-order valence-electron chi connectivity index (χ1n) is 9.67. The van der Waals surface area contributed by atoms with Gasteiger partial charge in [0.1, 0.15) is 17.3 Å². The number of ether oxygens (including phenoxy) is 2. The Bertz CT molecular complexity index is 833. The molecule has 1 saturated carbocycles. The molecule has 1 amide bonds. The molecule has 2 fully saturated rings. The van der Waals surface area contributed by atoms with Gasteiger partial charge in [-0.15, -0.1) is 0 Å². The van der Waals surface area contributed by atoms with Crippen LogP contribution >= 0.6 is 0 Å². The van der Waals surface area contributed by atoms with Crippen LogP contribution in [0.25, 0.3) is 0 Å². The molecule has 1 aliphatic heterocycles. The minimum atomic E-state index is 0.0257. The quantitative estimate of drug-likeness (QED) is 0.809. The molecular formula is C21H27N3O3. The monoisotopic (exact) mass is 369 g/mol. The van der Waals surface area contributed by atoms with Gasteiger partial charge in [-0.3, -0.25) is 4.79 Å². The summed E-state index contributed by atoms with van der Waals surface area (Å²) >= 11 is 0. The van der Waals surface area contributed by atoms with E-state index in [0.717, 1.165) is 25.9 Å². The van der Waals surface area contributed by atoms with Gasteiger partial charge in [0, 0.05) is 43.0 Å². The molecule has 1 aromatic heterocycles. The summed E-state index contributed by atoms with van der Waals surface area (Å²) in [6.07, 6.45) is 6.42. The molecule has 144 valence electrons. The van der Waals surface area contributed by atoms with E-state index >= 15 is 0 Å². The average Bonchev–Trinajstić information content (AvgIpc) is 3.49. The minimum Gasteiger partial charge on any atom is -0.497 e. The first kappa shape index (κ1) is 17.9. The summed E-state index contributed by atoms with van der Waals surface area (Å²) in [5, 5.41) is 0. The van der Waals surface area contributed by atoms with Gasteiger partial charge < -0.3 is 18.9 Å². The molecule has 4 rings (SSSR count). The second-order valence-electron chi connectivity index (χ2n) is 7.49. The van der Waals surface area contributed by atoms with Gasteiger partial charge in [0.05, 0.1) is 19.8 Å². The van der Waals surface area contributed by atoms with Crippen LogP contribution in [0.15, 0.2) is 24.4 Å². The van der Waals surface area contributed by atoms with Gasteiger partial charge >= 0.3 is 0 Å². The zero-order valence-corrected chi connectivity index (χ0v) is 16.3. The van der Waals surface area contributed by atoms with Gasteiger partial charge in [-0.05, 0) is 44.7 Å². The third kappa shape index (κ3) is 3.40. The van der Waals surface area contributed by atoms with E-state index < -0.39 is 0 Å². The largest absolute Gasteiger partial charge is 0.497 e. The summed E-state index contributed by atoms with van der Waals surface area (Å²) in [6.45, 7) is 3.64. The third-order valence-electron chi connectivity index (χ3n) is 5.71. The second-order valence-corrected chi connectivity index (χ2v) is 7.49. The SMILES string of the molecule is COc1ccc(C(=O)N2CCC(n3c(C)cnc3C3CC3)CC2)c(OC)c1. The lowest BCUT2D eigenvalue weighted by molar-refractivity contribution is 0.0689. The summed E-state index contributed by atoms with van der Waals surface area (Å²) in [7, 11) is 3.19. The van der Waals surface area contributed by atoms with Gasteiger partial charge in [-0.25, -0.2) is 4.98 Å². The highest BCUT2D eigenvalue weighted by atomic mass is 16.5. The minimum absolute atomic E-state index is 0.0257. The van der Waals surface area contributed by atoms with Crippen LogP contribution in [0.1, 0.15) is 59.5 Å². The van der Waals surface area contributed by atoms with Gasteiger partial charge in [0.15, 0.2) is 0 Å². The number of rotatable bonds is 5. The summed E-state index contributed by atoms with van der Waals surface area (Å²) in [4.78, 5) is 19.6. The highest BCUT2D eigenvalue weighted by molar-refractivity contribution is 5.97. The molecule has 6 heteroatoms. The molecule has 0 bridgehead atoms. The molecule has 2 heterocycles. The predicted molar refractivity (Wildman–Crippen MR) is 103 cm³/mol. The number of amides is 1. The van der Waals surface area contributed by atoms with E-state index in [9.17, 15) is 4.79 Å². The fraction of sp³-hybridized carbons (Fsp3) is 0.524. The molecular weight excluding hydrogens is 342 g/mol. The fourth-order valence-electron chi connectivity index (χ4n) is 4.06. The van der Waals surface area contributed by atoms with Crippen LogP contribution in [-0.2, 0) is 0 Å². The Morgan fingerprint density at radius 1 is 1.11 bits per heavy atom. The standard InChI is InChI=1S/C21H27N3O3/c1-14-13-22-20(15-4-5-15)24(14)16-8-10-23(11-9-16)21(25)18-7-6-17(26-2)12-19(18)27-3/h6-7,12-13,15-16H,4-5,8-11H2,1-3H3. The number of imidazole rings is 1. The number of piperidine rings is 1. The zero-order valence-electron chi connectivity index (χ0n) is 16.3.